The molecule has 3 unspecified atom stereocenters. The Bertz CT molecular complexity index is 5820. The molecular formula is C86H110N20O16S4. The third-order valence-electron chi connectivity index (χ3n) is 26.8. The van der Waals surface area contributed by atoms with Crippen molar-refractivity contribution in [2.75, 3.05) is 95.5 Å². The van der Waals surface area contributed by atoms with E-state index in [0.717, 1.165) is 241 Å². The van der Waals surface area contributed by atoms with Gasteiger partial charge < -0.3 is 55.3 Å². The molecule has 0 spiro atoms. The van der Waals surface area contributed by atoms with Gasteiger partial charge in [-0.3, -0.25) is 4.90 Å². The molecule has 0 saturated carbocycles. The van der Waals surface area contributed by atoms with Crippen LogP contribution in [0.3, 0.4) is 0 Å². The first kappa shape index (κ1) is 86.4. The summed E-state index contributed by atoms with van der Waals surface area (Å²) in [4.78, 5) is 57.0. The highest BCUT2D eigenvalue weighted by Crippen LogP contribution is 2.45. The van der Waals surface area contributed by atoms with E-state index >= 15 is 0 Å². The number of carbonyl (C=O) groups excluding carboxylic acids is 4. The third-order valence-corrected chi connectivity index (χ3v) is 32.0. The van der Waals surface area contributed by atoms with Gasteiger partial charge in [0.05, 0.1) is 75.1 Å². The summed E-state index contributed by atoms with van der Waals surface area (Å²) in [5, 5.41) is 31.4. The Kier molecular flexibility index (Phi) is 24.2. The zero-order valence-corrected chi connectivity index (χ0v) is 74.9. The number of nitrogens with one attached hydrogen (secondary N) is 9. The summed E-state index contributed by atoms with van der Waals surface area (Å²) >= 11 is 0. The SMILES string of the molecule is CCNC1COc2c(S(=O)(=O)NC(=O)Nc3c4c(cc5c3CCC5)CCC4)cnn2C1.CN(C)C1COc2c(S(=O)(=O)NC(=O)Nc3c4c(cc5c3CCC5)CCC4)cnn2C1.CN(C)[C@H]1COc2c(S(=O)(=O)NC(=O)Nc3c4c(cc5c3CCC5)CCC4)cnn2C1.O=C(Nc1c2c(cc3c1CCC3)CCC2)NS(=O)(=O)c1cnn2c1OCC(N1CCCC1)C2. The highest BCUT2D eigenvalue weighted by atomic mass is 32.2. The van der Waals surface area contributed by atoms with E-state index in [2.05, 4.69) is 95.0 Å². The molecule has 13 aliphatic rings. The van der Waals surface area contributed by atoms with Crippen molar-refractivity contribution in [3.8, 4) is 23.5 Å². The fourth-order valence-electron chi connectivity index (χ4n) is 20.5. The molecule has 40 heteroatoms. The molecular weight excluding hydrogens is 1700 g/mol. The number of urea groups is 4. The lowest BCUT2D eigenvalue weighted by Crippen LogP contribution is -2.44. The van der Waals surface area contributed by atoms with Gasteiger partial charge in [0.25, 0.3) is 40.1 Å². The first-order chi connectivity index (χ1) is 60.6. The average molecular weight is 1810 g/mol. The average Bonchev–Trinajstić information content (AvgIpc) is 1.64. The molecule has 9 N–H and O–H groups in total. The van der Waals surface area contributed by atoms with Gasteiger partial charge in [-0.1, -0.05) is 31.2 Å². The van der Waals surface area contributed by atoms with Crippen LogP contribution in [0.15, 0.2) is 68.6 Å². The van der Waals surface area contributed by atoms with E-state index in [9.17, 15) is 52.8 Å². The largest absolute Gasteiger partial charge is 0.475 e. The summed E-state index contributed by atoms with van der Waals surface area (Å²) in [6.45, 7) is 8.45. The first-order valence-electron chi connectivity index (χ1n) is 44.2. The van der Waals surface area contributed by atoms with Crippen molar-refractivity contribution in [2.24, 2.45) is 0 Å². The molecule has 5 aliphatic heterocycles. The molecule has 21 rings (SSSR count). The van der Waals surface area contributed by atoms with Gasteiger partial charge in [-0.25, -0.2) is 90.5 Å². The van der Waals surface area contributed by atoms with Gasteiger partial charge in [-0.15, -0.1) is 0 Å². The quantitative estimate of drug-likeness (QED) is 0.0430. The number of hydrogen-bond acceptors (Lipinski definition) is 24. The number of fused-ring (bicyclic) bond motifs is 12. The Labute approximate surface area is 733 Å². The number of sulfonamides is 4. The summed E-state index contributed by atoms with van der Waals surface area (Å²) in [6, 6.07) is 6.52. The van der Waals surface area contributed by atoms with Crippen molar-refractivity contribution in [2.45, 2.75) is 244 Å². The Morgan fingerprint density at radius 3 is 0.873 bits per heavy atom. The fourth-order valence-corrected chi connectivity index (χ4v) is 24.4. The zero-order valence-electron chi connectivity index (χ0n) is 71.7. The number of rotatable bonds is 17. The molecule has 126 heavy (non-hydrogen) atoms. The van der Waals surface area contributed by atoms with E-state index in [1.54, 1.807) is 4.68 Å². The topological polar surface area (TPSA) is 431 Å². The molecule has 1 saturated heterocycles. The molecule has 0 bridgehead atoms. The Balaban J connectivity index is 0.000000114. The van der Waals surface area contributed by atoms with Crippen molar-refractivity contribution >= 4 is 87.0 Å². The van der Waals surface area contributed by atoms with Gasteiger partial charge in [-0.2, -0.15) is 20.4 Å². The minimum Gasteiger partial charge on any atom is -0.475 e. The van der Waals surface area contributed by atoms with E-state index in [-0.39, 0.29) is 67.3 Å². The van der Waals surface area contributed by atoms with Gasteiger partial charge in [0.2, 0.25) is 23.5 Å². The lowest BCUT2D eigenvalue weighted by molar-refractivity contribution is 0.0993. The summed E-state index contributed by atoms with van der Waals surface area (Å²) < 4.78 is 141. The van der Waals surface area contributed by atoms with Crippen LogP contribution in [0, 0.1) is 0 Å². The zero-order chi connectivity index (χ0) is 87.7. The minimum absolute atomic E-state index is 0.0616. The van der Waals surface area contributed by atoms with E-state index in [0.29, 0.717) is 52.6 Å². The normalized spacial score (nSPS) is 20.1. The molecule has 9 heterocycles. The maximum Gasteiger partial charge on any atom is 0.333 e. The summed E-state index contributed by atoms with van der Waals surface area (Å²) in [5.74, 6) is 0.697. The van der Waals surface area contributed by atoms with Gasteiger partial charge in [0.1, 0.15) is 26.4 Å². The van der Waals surface area contributed by atoms with Crippen molar-refractivity contribution in [3.05, 3.63) is 138 Å². The number of anilines is 4. The number of nitrogens with zero attached hydrogens (tertiary/aromatic N) is 11. The van der Waals surface area contributed by atoms with Crippen LogP contribution in [0.4, 0.5) is 41.9 Å². The number of likely N-dealkylation sites (N-methyl/N-ethyl adjacent to an activating group) is 3. The number of aromatic nitrogens is 8. The predicted octanol–water partition coefficient (Wildman–Crippen LogP) is 7.36. The molecule has 4 aromatic heterocycles. The van der Waals surface area contributed by atoms with Crippen molar-refractivity contribution < 1.29 is 71.8 Å². The van der Waals surface area contributed by atoms with Crippen LogP contribution in [-0.4, -0.2) is 210 Å². The fraction of sp³-hybridized carbons (Fsp3) is 0.535. The number of carbonyl (C=O) groups is 4. The molecule has 8 amide bonds. The monoisotopic (exact) mass is 1810 g/mol. The third kappa shape index (κ3) is 17.4. The first-order valence-corrected chi connectivity index (χ1v) is 50.1. The summed E-state index contributed by atoms with van der Waals surface area (Å²) in [6.07, 6.45) is 31.1. The lowest BCUT2D eigenvalue weighted by atomic mass is 9.99. The van der Waals surface area contributed by atoms with Crippen LogP contribution in [0.2, 0.25) is 0 Å². The Morgan fingerprint density at radius 1 is 0.349 bits per heavy atom. The van der Waals surface area contributed by atoms with Crippen molar-refractivity contribution in [3.63, 3.8) is 0 Å². The molecule has 4 atom stereocenters. The molecule has 36 nitrogen and oxygen atoms in total. The molecule has 8 aromatic rings. The second-order valence-corrected chi connectivity index (χ2v) is 41.9. The number of benzene rings is 4. The Hall–Kier alpha value is -10.4. The Morgan fingerprint density at radius 2 is 0.603 bits per heavy atom. The molecule has 1 fully saturated rings. The number of aryl methyl sites for hydroxylation is 8. The van der Waals surface area contributed by atoms with Crippen LogP contribution >= 0.6 is 0 Å². The van der Waals surface area contributed by atoms with Crippen LogP contribution in [-0.2, 0) is 169 Å². The van der Waals surface area contributed by atoms with Crippen LogP contribution in [0.25, 0.3) is 0 Å². The van der Waals surface area contributed by atoms with Gasteiger partial charge in [0, 0.05) is 22.7 Å². The van der Waals surface area contributed by atoms with E-state index in [1.807, 2.05) is 44.9 Å². The van der Waals surface area contributed by atoms with E-state index < -0.39 is 64.2 Å². The predicted molar refractivity (Wildman–Crippen MR) is 467 cm³/mol. The maximum atomic E-state index is 13.1. The second-order valence-electron chi connectivity index (χ2n) is 35.3. The highest BCUT2D eigenvalue weighted by molar-refractivity contribution is 7.91. The van der Waals surface area contributed by atoms with Gasteiger partial charge >= 0.3 is 24.1 Å². The smallest absolute Gasteiger partial charge is 0.333 e. The van der Waals surface area contributed by atoms with Crippen LogP contribution in [0.5, 0.6) is 23.5 Å². The highest BCUT2D eigenvalue weighted by Gasteiger charge is 2.40. The molecule has 8 aliphatic carbocycles. The van der Waals surface area contributed by atoms with E-state index in [1.165, 1.54) is 96.2 Å². The minimum atomic E-state index is -4.13. The summed E-state index contributed by atoms with van der Waals surface area (Å²) in [5.41, 5.74) is 22.6. The van der Waals surface area contributed by atoms with Gasteiger partial charge in [-0.05, 0) is 304 Å². The maximum absolute atomic E-state index is 13.1. The van der Waals surface area contributed by atoms with Crippen molar-refractivity contribution in [1.82, 2.24) is 78.0 Å². The number of amides is 8. The standard InChI is InChI=1S/C23H29N5O4S.3C21H27N5O4S/c29-23(25-21-18-7-3-5-15(18)11-16-6-4-8-19(16)21)26-33(30,31)20-12-24-28-13-17(14-32-22(20)28)27-9-1-2-10-27;2*1-25(2)15-11-26-20(30-12-15)18(10-22-26)31(28,29)24-21(27)23-19-16-7-3-5-13(16)9-14-6-4-8-17(14)19;1-2-22-15-11-26-20(30-12-15)18(10-23-26)31(28,29)25-21(27)24-19-16-7-3-5-13(16)9-14-6-4-8-17(14)19/h11-12,17H,1-10,13-14H2,(H2,25,26,29);2*9-10,15H,3-8,11-12H2,1-2H3,(H2,23,24,27);9-10,15,22H,2-8,11-12H2,1H3,(H2,24,25,27)/t;15-;;/m.1../s1. The number of hydrogen-bond donors (Lipinski definition) is 9. The van der Waals surface area contributed by atoms with Crippen molar-refractivity contribution in [1.29, 1.82) is 0 Å². The van der Waals surface area contributed by atoms with Crippen LogP contribution < -0.4 is 64.4 Å². The van der Waals surface area contributed by atoms with E-state index in [4.69, 9.17) is 18.9 Å². The summed E-state index contributed by atoms with van der Waals surface area (Å²) in [7, 11) is -8.77. The number of likely N-dealkylation sites (tertiary alicyclic amines) is 1. The number of ether oxygens (including phenoxy) is 4. The van der Waals surface area contributed by atoms with Crippen LogP contribution in [0.1, 0.15) is 160 Å². The van der Waals surface area contributed by atoms with Gasteiger partial charge in [0.15, 0.2) is 19.6 Å². The molecule has 4 aromatic carbocycles. The lowest BCUT2D eigenvalue weighted by Gasteiger charge is -2.31. The molecule has 674 valence electrons. The molecule has 0 radical (unpaired) electrons. The second kappa shape index (κ2) is 35.4.